The quantitative estimate of drug-likeness (QED) is 0.844. The number of benzene rings is 1. The molecular formula is C13H16ClNO4. The number of esters is 1. The molecule has 0 saturated carbocycles. The molecule has 0 aromatic heterocycles. The monoisotopic (exact) mass is 285 g/mol. The summed E-state index contributed by atoms with van der Waals surface area (Å²) in [5.41, 5.74) is 0.384. The maximum atomic E-state index is 11.2. The van der Waals surface area contributed by atoms with Crippen molar-refractivity contribution in [2.75, 3.05) is 27.2 Å². The Balaban J connectivity index is 2.06. The van der Waals surface area contributed by atoms with Crippen LogP contribution in [0.3, 0.4) is 0 Å². The smallest absolute Gasteiger partial charge is 0.339 e. The number of likely N-dealkylation sites (tertiary alicyclic amines) is 1. The van der Waals surface area contributed by atoms with Crippen LogP contribution in [0.25, 0.3) is 0 Å². The van der Waals surface area contributed by atoms with Gasteiger partial charge in [-0.1, -0.05) is 17.7 Å². The lowest BCUT2D eigenvalue weighted by atomic mass is 10.1. The van der Waals surface area contributed by atoms with Crippen LogP contribution >= 0.6 is 11.6 Å². The Bertz CT molecular complexity index is 474. The number of carbonyl (C=O) groups excluding carboxylic acids is 1. The number of likely N-dealkylation sites (N-methyl/N-ethyl adjacent to an activating group) is 1. The number of methoxy groups -OCH3 is 1. The molecule has 104 valence electrons. The fraction of sp³-hybridized carbons (Fsp3) is 0.462. The van der Waals surface area contributed by atoms with E-state index in [1.54, 1.807) is 12.1 Å². The molecule has 1 heterocycles. The largest absolute Gasteiger partial charge is 0.486 e. The van der Waals surface area contributed by atoms with Crippen LogP contribution in [-0.2, 0) is 9.53 Å². The van der Waals surface area contributed by atoms with Crippen LogP contribution in [0.2, 0.25) is 5.02 Å². The number of hydrogen-bond donors (Lipinski definition) is 1. The molecule has 0 spiro atoms. The lowest BCUT2D eigenvalue weighted by molar-refractivity contribution is -0.150. The van der Waals surface area contributed by atoms with E-state index < -0.39 is 12.1 Å². The zero-order valence-electron chi connectivity index (χ0n) is 10.8. The fourth-order valence-electron chi connectivity index (χ4n) is 1.93. The normalized spacial score (nSPS) is 17.7. The molecule has 6 heteroatoms. The summed E-state index contributed by atoms with van der Waals surface area (Å²) >= 11 is 6.08. The van der Waals surface area contributed by atoms with Crippen molar-refractivity contribution in [1.29, 1.82) is 0 Å². The van der Waals surface area contributed by atoms with E-state index in [9.17, 15) is 9.90 Å². The Hall–Kier alpha value is -1.30. The van der Waals surface area contributed by atoms with Crippen molar-refractivity contribution in [3.8, 4) is 5.75 Å². The molecule has 0 bridgehead atoms. The number of halogens is 1. The first-order valence-electron chi connectivity index (χ1n) is 5.92. The van der Waals surface area contributed by atoms with Gasteiger partial charge in [0.05, 0.1) is 12.1 Å². The molecule has 5 nitrogen and oxygen atoms in total. The van der Waals surface area contributed by atoms with Gasteiger partial charge in [-0.15, -0.1) is 0 Å². The van der Waals surface area contributed by atoms with E-state index in [0.717, 1.165) is 13.1 Å². The number of carbonyl (C=O) groups is 1. The van der Waals surface area contributed by atoms with Crippen LogP contribution in [0.4, 0.5) is 0 Å². The second-order valence-electron chi connectivity index (χ2n) is 4.58. The van der Waals surface area contributed by atoms with Gasteiger partial charge >= 0.3 is 5.97 Å². The number of ether oxygens (including phenoxy) is 2. The Morgan fingerprint density at radius 2 is 2.21 bits per heavy atom. The van der Waals surface area contributed by atoms with Crippen LogP contribution < -0.4 is 4.74 Å². The highest BCUT2D eigenvalue weighted by atomic mass is 35.5. The van der Waals surface area contributed by atoms with E-state index >= 15 is 0 Å². The van der Waals surface area contributed by atoms with Crippen LogP contribution in [0, 0.1) is 0 Å². The fourth-order valence-corrected chi connectivity index (χ4v) is 2.16. The molecule has 1 saturated heterocycles. The van der Waals surface area contributed by atoms with Gasteiger partial charge in [-0.3, -0.25) is 4.90 Å². The van der Waals surface area contributed by atoms with Crippen LogP contribution in [0.15, 0.2) is 18.2 Å². The topological polar surface area (TPSA) is 59.0 Å². The molecule has 1 aliphatic rings. The molecule has 0 amide bonds. The molecular weight excluding hydrogens is 270 g/mol. The third kappa shape index (κ3) is 3.18. The van der Waals surface area contributed by atoms with Gasteiger partial charge in [0.25, 0.3) is 0 Å². The molecule has 1 atom stereocenters. The summed E-state index contributed by atoms with van der Waals surface area (Å²) in [5.74, 6) is -0.161. The minimum absolute atomic E-state index is 0.138. The van der Waals surface area contributed by atoms with Crippen molar-refractivity contribution in [1.82, 2.24) is 4.90 Å². The highest BCUT2D eigenvalue weighted by Crippen LogP contribution is 2.30. The lowest BCUT2D eigenvalue weighted by Crippen LogP contribution is -2.51. The molecule has 1 N–H and O–H groups in total. The van der Waals surface area contributed by atoms with Crippen LogP contribution in [0.1, 0.15) is 11.7 Å². The van der Waals surface area contributed by atoms with Crippen LogP contribution in [0.5, 0.6) is 5.75 Å². The molecule has 19 heavy (non-hydrogen) atoms. The summed E-state index contributed by atoms with van der Waals surface area (Å²) in [6.45, 7) is 1.73. The number of hydrogen-bond acceptors (Lipinski definition) is 5. The maximum Gasteiger partial charge on any atom is 0.339 e. The zero-order valence-corrected chi connectivity index (χ0v) is 11.6. The summed E-state index contributed by atoms with van der Waals surface area (Å²) in [7, 11) is 3.23. The van der Waals surface area contributed by atoms with Gasteiger partial charge < -0.3 is 14.6 Å². The molecule has 0 radical (unpaired) electrons. The van der Waals surface area contributed by atoms with Crippen LogP contribution in [-0.4, -0.2) is 49.3 Å². The van der Waals surface area contributed by atoms with Gasteiger partial charge in [0.1, 0.15) is 11.9 Å². The zero-order chi connectivity index (χ0) is 14.0. The molecule has 1 aromatic carbocycles. The second-order valence-corrected chi connectivity index (χ2v) is 4.98. The number of rotatable bonds is 4. The highest BCUT2D eigenvalue weighted by Gasteiger charge is 2.26. The standard InChI is InChI=1S/C13H16ClNO4/c1-15-6-9(7-15)19-11-4-3-8(5-10(11)14)12(16)13(17)18-2/h3-5,9,12,16H,6-7H2,1-2H3. The molecule has 1 fully saturated rings. The Morgan fingerprint density at radius 3 is 2.74 bits per heavy atom. The molecule has 2 rings (SSSR count). The third-order valence-corrected chi connectivity index (χ3v) is 3.32. The van der Waals surface area contributed by atoms with E-state index in [0.29, 0.717) is 16.3 Å². The number of nitrogens with zero attached hydrogens (tertiary/aromatic N) is 1. The van der Waals surface area contributed by atoms with Gasteiger partial charge in [-0.05, 0) is 24.7 Å². The summed E-state index contributed by atoms with van der Waals surface area (Å²) < 4.78 is 10.2. The van der Waals surface area contributed by atoms with E-state index in [4.69, 9.17) is 16.3 Å². The second kappa shape index (κ2) is 5.77. The summed E-state index contributed by atoms with van der Waals surface area (Å²) in [4.78, 5) is 13.4. The average molecular weight is 286 g/mol. The van der Waals surface area contributed by atoms with Gasteiger partial charge in [-0.25, -0.2) is 4.79 Å². The lowest BCUT2D eigenvalue weighted by Gasteiger charge is -2.36. The first-order valence-corrected chi connectivity index (χ1v) is 6.29. The first-order chi connectivity index (χ1) is 9.01. The van der Waals surface area contributed by atoms with Crippen molar-refractivity contribution >= 4 is 17.6 Å². The van der Waals surface area contributed by atoms with Crippen molar-refractivity contribution in [3.63, 3.8) is 0 Å². The van der Waals surface area contributed by atoms with Crippen molar-refractivity contribution in [2.24, 2.45) is 0 Å². The Morgan fingerprint density at radius 1 is 1.53 bits per heavy atom. The van der Waals surface area contributed by atoms with E-state index in [1.165, 1.54) is 13.2 Å². The summed E-state index contributed by atoms with van der Waals surface area (Å²) in [6.07, 6.45) is -1.19. The SMILES string of the molecule is COC(=O)C(O)c1ccc(OC2CN(C)C2)c(Cl)c1. The highest BCUT2D eigenvalue weighted by molar-refractivity contribution is 6.32. The summed E-state index contributed by atoms with van der Waals surface area (Å²) in [5, 5.41) is 10.1. The molecule has 1 aromatic rings. The van der Waals surface area contributed by atoms with Crippen molar-refractivity contribution in [2.45, 2.75) is 12.2 Å². The average Bonchev–Trinajstić information content (AvgIpc) is 2.37. The van der Waals surface area contributed by atoms with Gasteiger partial charge in [0, 0.05) is 13.1 Å². The maximum absolute atomic E-state index is 11.2. The predicted molar refractivity (Wildman–Crippen MR) is 70.3 cm³/mol. The molecule has 0 aliphatic carbocycles. The Labute approximate surface area is 116 Å². The van der Waals surface area contributed by atoms with E-state index in [-0.39, 0.29) is 6.10 Å². The minimum Gasteiger partial charge on any atom is -0.486 e. The number of aliphatic hydroxyl groups excluding tert-OH is 1. The van der Waals surface area contributed by atoms with E-state index in [1.807, 2.05) is 7.05 Å². The third-order valence-electron chi connectivity index (χ3n) is 3.02. The van der Waals surface area contributed by atoms with Gasteiger partial charge in [-0.2, -0.15) is 0 Å². The molecule has 1 unspecified atom stereocenters. The van der Waals surface area contributed by atoms with Gasteiger partial charge in [0.15, 0.2) is 6.10 Å². The summed E-state index contributed by atoms with van der Waals surface area (Å²) in [6, 6.07) is 4.77. The van der Waals surface area contributed by atoms with Gasteiger partial charge in [0.2, 0.25) is 0 Å². The van der Waals surface area contributed by atoms with Crippen molar-refractivity contribution in [3.05, 3.63) is 28.8 Å². The first kappa shape index (κ1) is 14.1. The van der Waals surface area contributed by atoms with Crippen molar-refractivity contribution < 1.29 is 19.4 Å². The Kier molecular flexibility index (Phi) is 4.29. The predicted octanol–water partition coefficient (Wildman–Crippen LogP) is 1.24. The van der Waals surface area contributed by atoms with E-state index in [2.05, 4.69) is 9.64 Å². The minimum atomic E-state index is -1.33. The molecule has 1 aliphatic heterocycles. The number of aliphatic hydroxyl groups is 1.